The Kier molecular flexibility index (Phi) is 5.65. The highest BCUT2D eigenvalue weighted by atomic mass is 35.5. The van der Waals surface area contributed by atoms with Crippen LogP contribution in [0.15, 0.2) is 84.9 Å². The lowest BCUT2D eigenvalue weighted by molar-refractivity contribution is -0.138. The molecule has 0 saturated heterocycles. The minimum absolute atomic E-state index is 0.237. The molecule has 3 heteroatoms. The molecule has 0 atom stereocenters. The third-order valence-electron chi connectivity index (χ3n) is 3.75. The summed E-state index contributed by atoms with van der Waals surface area (Å²) in [5, 5.41) is 0.600. The van der Waals surface area contributed by atoms with Crippen molar-refractivity contribution in [2.45, 2.75) is 6.61 Å². The maximum Gasteiger partial charge on any atom is 0.331 e. The van der Waals surface area contributed by atoms with E-state index in [0.717, 1.165) is 22.3 Å². The molecule has 0 heterocycles. The highest BCUT2D eigenvalue weighted by Crippen LogP contribution is 2.20. The van der Waals surface area contributed by atoms with Crippen LogP contribution in [0.5, 0.6) is 0 Å². The summed E-state index contributed by atoms with van der Waals surface area (Å²) < 4.78 is 5.27. The van der Waals surface area contributed by atoms with Gasteiger partial charge in [0.25, 0.3) is 0 Å². The van der Waals surface area contributed by atoms with Gasteiger partial charge in [-0.3, -0.25) is 0 Å². The van der Waals surface area contributed by atoms with Crippen LogP contribution in [-0.4, -0.2) is 5.97 Å². The molecule has 0 bridgehead atoms. The number of rotatable bonds is 5. The van der Waals surface area contributed by atoms with Crippen molar-refractivity contribution in [3.8, 4) is 11.1 Å². The Hall–Kier alpha value is -2.84. The van der Waals surface area contributed by atoms with Gasteiger partial charge in [-0.15, -0.1) is 0 Å². The van der Waals surface area contributed by atoms with Gasteiger partial charge < -0.3 is 4.74 Å². The van der Waals surface area contributed by atoms with E-state index in [9.17, 15) is 4.79 Å². The highest BCUT2D eigenvalue weighted by Gasteiger charge is 2.02. The maximum atomic E-state index is 11.8. The summed E-state index contributed by atoms with van der Waals surface area (Å²) in [5.41, 5.74) is 4.02. The monoisotopic (exact) mass is 348 g/mol. The Balaban J connectivity index is 1.56. The van der Waals surface area contributed by atoms with Gasteiger partial charge >= 0.3 is 5.97 Å². The molecule has 0 amide bonds. The molecule has 0 N–H and O–H groups in total. The number of hydrogen-bond donors (Lipinski definition) is 0. The number of carbonyl (C=O) groups is 1. The van der Waals surface area contributed by atoms with Crippen LogP contribution in [0, 0.1) is 0 Å². The summed E-state index contributed by atoms with van der Waals surface area (Å²) >= 11 is 6.04. The summed E-state index contributed by atoms with van der Waals surface area (Å²) in [6, 6.07) is 25.5. The third kappa shape index (κ3) is 4.82. The second kappa shape index (κ2) is 8.32. The van der Waals surface area contributed by atoms with E-state index >= 15 is 0 Å². The molecule has 3 aromatic carbocycles. The van der Waals surface area contributed by atoms with E-state index in [0.29, 0.717) is 5.02 Å². The van der Waals surface area contributed by atoms with Gasteiger partial charge in [-0.25, -0.2) is 4.79 Å². The van der Waals surface area contributed by atoms with Gasteiger partial charge in [0, 0.05) is 11.1 Å². The molecule has 0 aliphatic carbocycles. The first-order valence-corrected chi connectivity index (χ1v) is 8.34. The van der Waals surface area contributed by atoms with Crippen LogP contribution in [0.2, 0.25) is 5.02 Å². The van der Waals surface area contributed by atoms with Crippen molar-refractivity contribution in [3.05, 3.63) is 101 Å². The summed E-state index contributed by atoms with van der Waals surface area (Å²) in [6.07, 6.45) is 3.04. The fourth-order valence-corrected chi connectivity index (χ4v) is 2.59. The lowest BCUT2D eigenvalue weighted by Crippen LogP contribution is -2.00. The summed E-state index contributed by atoms with van der Waals surface area (Å²) in [4.78, 5) is 11.8. The minimum Gasteiger partial charge on any atom is -0.458 e. The smallest absolute Gasteiger partial charge is 0.331 e. The predicted octanol–water partition coefficient (Wildman–Crippen LogP) is 5.76. The fourth-order valence-electron chi connectivity index (χ4n) is 2.39. The van der Waals surface area contributed by atoms with Crippen molar-refractivity contribution in [3.63, 3.8) is 0 Å². The Morgan fingerprint density at radius 1 is 0.840 bits per heavy atom. The summed E-state index contributed by atoms with van der Waals surface area (Å²) in [7, 11) is 0. The second-order valence-corrected chi connectivity index (χ2v) is 5.93. The number of ether oxygens (including phenoxy) is 1. The Morgan fingerprint density at radius 2 is 1.48 bits per heavy atom. The van der Waals surface area contributed by atoms with Crippen LogP contribution in [0.1, 0.15) is 11.1 Å². The molecule has 0 aromatic heterocycles. The van der Waals surface area contributed by atoms with E-state index in [1.165, 1.54) is 6.08 Å². The van der Waals surface area contributed by atoms with Crippen LogP contribution in [0.25, 0.3) is 17.2 Å². The lowest BCUT2D eigenvalue weighted by atomic mass is 10.0. The van der Waals surface area contributed by atoms with Crippen LogP contribution < -0.4 is 0 Å². The minimum atomic E-state index is -0.396. The molecule has 0 saturated carbocycles. The number of benzene rings is 3. The lowest BCUT2D eigenvalue weighted by Gasteiger charge is -2.05. The van der Waals surface area contributed by atoms with Crippen molar-refractivity contribution in [1.29, 1.82) is 0 Å². The molecular formula is C22H17ClO2. The maximum absolute atomic E-state index is 11.8. The first kappa shape index (κ1) is 17.0. The quantitative estimate of drug-likeness (QED) is 0.432. The van der Waals surface area contributed by atoms with Gasteiger partial charge in [0.15, 0.2) is 0 Å². The third-order valence-corrected chi connectivity index (χ3v) is 4.09. The SMILES string of the molecule is O=C(/C=C/c1ccccc1Cl)OCc1ccc(-c2ccccc2)cc1. The van der Waals surface area contributed by atoms with Crippen molar-refractivity contribution >= 4 is 23.6 Å². The molecule has 3 rings (SSSR count). The van der Waals surface area contributed by atoms with Crippen molar-refractivity contribution < 1.29 is 9.53 Å². The van der Waals surface area contributed by atoms with Gasteiger partial charge in [0.05, 0.1) is 0 Å². The molecule has 25 heavy (non-hydrogen) atoms. The molecule has 0 fully saturated rings. The van der Waals surface area contributed by atoms with Crippen molar-refractivity contribution in [2.24, 2.45) is 0 Å². The Labute approximate surface area is 152 Å². The average Bonchev–Trinajstić information content (AvgIpc) is 2.67. The van der Waals surface area contributed by atoms with Gasteiger partial charge in [-0.1, -0.05) is 84.4 Å². The van der Waals surface area contributed by atoms with E-state index < -0.39 is 5.97 Å². The number of hydrogen-bond acceptors (Lipinski definition) is 2. The molecule has 0 aliphatic heterocycles. The van der Waals surface area contributed by atoms with Crippen LogP contribution in [0.3, 0.4) is 0 Å². The molecule has 124 valence electrons. The van der Waals surface area contributed by atoms with Crippen LogP contribution >= 0.6 is 11.6 Å². The Bertz CT molecular complexity index is 868. The zero-order valence-electron chi connectivity index (χ0n) is 13.6. The largest absolute Gasteiger partial charge is 0.458 e. The standard InChI is InChI=1S/C22H17ClO2/c23-21-9-5-4-8-20(21)14-15-22(24)25-16-17-10-12-19(13-11-17)18-6-2-1-3-7-18/h1-15H,16H2/b15-14+. The molecule has 0 spiro atoms. The predicted molar refractivity (Wildman–Crippen MR) is 102 cm³/mol. The van der Waals surface area contributed by atoms with E-state index in [4.69, 9.17) is 16.3 Å². The number of esters is 1. The van der Waals surface area contributed by atoms with E-state index in [1.54, 1.807) is 12.1 Å². The second-order valence-electron chi connectivity index (χ2n) is 5.53. The van der Waals surface area contributed by atoms with Gasteiger partial charge in [-0.05, 0) is 34.4 Å². The molecule has 3 aromatic rings. The van der Waals surface area contributed by atoms with Gasteiger partial charge in [0.2, 0.25) is 0 Å². The molecular weight excluding hydrogens is 332 g/mol. The zero-order valence-corrected chi connectivity index (χ0v) is 14.3. The van der Waals surface area contributed by atoms with Crippen LogP contribution in [0.4, 0.5) is 0 Å². The topological polar surface area (TPSA) is 26.3 Å². The Morgan fingerprint density at radius 3 is 2.20 bits per heavy atom. The normalized spacial score (nSPS) is 10.8. The molecule has 0 radical (unpaired) electrons. The van der Waals surface area contributed by atoms with Crippen molar-refractivity contribution in [1.82, 2.24) is 0 Å². The van der Waals surface area contributed by atoms with Gasteiger partial charge in [0.1, 0.15) is 6.61 Å². The van der Waals surface area contributed by atoms with E-state index in [-0.39, 0.29) is 6.61 Å². The van der Waals surface area contributed by atoms with Gasteiger partial charge in [-0.2, -0.15) is 0 Å². The fraction of sp³-hybridized carbons (Fsp3) is 0.0455. The van der Waals surface area contributed by atoms with E-state index in [1.807, 2.05) is 60.7 Å². The highest BCUT2D eigenvalue weighted by molar-refractivity contribution is 6.32. The number of halogens is 1. The van der Waals surface area contributed by atoms with Crippen molar-refractivity contribution in [2.75, 3.05) is 0 Å². The van der Waals surface area contributed by atoms with E-state index in [2.05, 4.69) is 12.1 Å². The molecule has 0 aliphatic rings. The summed E-state index contributed by atoms with van der Waals surface area (Å²) in [6.45, 7) is 0.237. The summed E-state index contributed by atoms with van der Waals surface area (Å²) in [5.74, 6) is -0.396. The first-order valence-electron chi connectivity index (χ1n) is 7.96. The zero-order chi connectivity index (χ0) is 17.5. The average molecular weight is 349 g/mol. The van der Waals surface area contributed by atoms with Crippen LogP contribution in [-0.2, 0) is 16.1 Å². The number of carbonyl (C=O) groups excluding carboxylic acids is 1. The molecule has 2 nitrogen and oxygen atoms in total. The first-order chi connectivity index (χ1) is 12.2. The molecule has 0 unspecified atom stereocenters.